The molecule has 2 heterocycles. The first-order chi connectivity index (χ1) is 15.1. The lowest BCUT2D eigenvalue weighted by Crippen LogP contribution is -2.57. The summed E-state index contributed by atoms with van der Waals surface area (Å²) in [6.07, 6.45) is 8.57. The molecule has 5 fully saturated rings. The minimum absolute atomic E-state index is 0.0435. The number of carbonyl (C=O) groups excluding carboxylic acids is 2. The van der Waals surface area contributed by atoms with Gasteiger partial charge in [-0.25, -0.2) is 0 Å². The quantitative estimate of drug-likeness (QED) is 0.806. The van der Waals surface area contributed by atoms with E-state index in [0.717, 1.165) is 62.2 Å². The first-order valence-electron chi connectivity index (χ1n) is 12.1. The van der Waals surface area contributed by atoms with Crippen molar-refractivity contribution in [3.63, 3.8) is 0 Å². The van der Waals surface area contributed by atoms with Crippen LogP contribution in [0.3, 0.4) is 0 Å². The Morgan fingerprint density at radius 1 is 1.03 bits per heavy atom. The molecular weight excluding hydrogens is 392 g/mol. The average molecular weight is 425 g/mol. The van der Waals surface area contributed by atoms with Gasteiger partial charge < -0.3 is 19.7 Å². The zero-order chi connectivity index (χ0) is 21.0. The molecule has 6 heteroatoms. The number of fused-ring (bicyclic) bond motifs is 1. The maximum atomic E-state index is 13.8. The molecule has 1 N–H and O–H groups in total. The van der Waals surface area contributed by atoms with E-state index in [1.807, 2.05) is 29.2 Å². The van der Waals surface area contributed by atoms with Gasteiger partial charge in [-0.3, -0.25) is 9.59 Å². The number of benzene rings is 1. The van der Waals surface area contributed by atoms with Crippen LogP contribution in [0.1, 0.15) is 51.4 Å². The highest BCUT2D eigenvalue weighted by Gasteiger charge is 2.56. The normalized spacial score (nSPS) is 37.7. The summed E-state index contributed by atoms with van der Waals surface area (Å²) in [5.41, 5.74) is -0.179. The van der Waals surface area contributed by atoms with E-state index in [-0.39, 0.29) is 29.4 Å². The molecule has 1 saturated heterocycles. The van der Waals surface area contributed by atoms with Gasteiger partial charge in [0.25, 0.3) is 0 Å². The molecule has 2 atom stereocenters. The highest BCUT2D eigenvalue weighted by molar-refractivity contribution is 5.91. The molecule has 4 saturated carbocycles. The summed E-state index contributed by atoms with van der Waals surface area (Å²) in [6.45, 7) is 1.52. The molecular formula is C25H32N2O4. The van der Waals surface area contributed by atoms with Crippen molar-refractivity contribution in [3.8, 4) is 11.5 Å². The second kappa shape index (κ2) is 7.42. The van der Waals surface area contributed by atoms with Crippen LogP contribution in [0.25, 0.3) is 0 Å². The summed E-state index contributed by atoms with van der Waals surface area (Å²) in [4.78, 5) is 28.8. The first kappa shape index (κ1) is 19.4. The summed E-state index contributed by atoms with van der Waals surface area (Å²) in [5, 5.41) is 3.05. The lowest BCUT2D eigenvalue weighted by molar-refractivity contribution is -0.160. The number of rotatable bonds is 4. The molecule has 7 rings (SSSR count). The Kier molecular flexibility index (Phi) is 4.65. The van der Waals surface area contributed by atoms with E-state index in [0.29, 0.717) is 18.9 Å². The van der Waals surface area contributed by atoms with Crippen LogP contribution >= 0.6 is 0 Å². The summed E-state index contributed by atoms with van der Waals surface area (Å²) in [5.74, 6) is 3.89. The lowest BCUT2D eigenvalue weighted by atomic mass is 9.49. The number of likely N-dealkylation sites (tertiary alicyclic amines) is 1. The van der Waals surface area contributed by atoms with Gasteiger partial charge in [0.2, 0.25) is 11.8 Å². The summed E-state index contributed by atoms with van der Waals surface area (Å²) in [6, 6.07) is 7.26. The third-order valence-electron chi connectivity index (χ3n) is 8.38. The van der Waals surface area contributed by atoms with Gasteiger partial charge in [-0.15, -0.1) is 0 Å². The first-order valence-corrected chi connectivity index (χ1v) is 12.1. The van der Waals surface area contributed by atoms with E-state index >= 15 is 0 Å². The molecule has 166 valence electrons. The maximum absolute atomic E-state index is 13.8. The van der Waals surface area contributed by atoms with E-state index in [4.69, 9.17) is 9.47 Å². The lowest BCUT2D eigenvalue weighted by Gasteiger charge is -2.56. The van der Waals surface area contributed by atoms with Crippen LogP contribution in [-0.4, -0.2) is 48.6 Å². The van der Waals surface area contributed by atoms with E-state index in [1.165, 1.54) is 19.3 Å². The van der Waals surface area contributed by atoms with Crippen LogP contribution in [-0.2, 0) is 9.59 Å². The van der Waals surface area contributed by atoms with Crippen LogP contribution in [0.4, 0.5) is 0 Å². The highest BCUT2D eigenvalue weighted by Crippen LogP contribution is 2.60. The van der Waals surface area contributed by atoms with Crippen molar-refractivity contribution >= 4 is 11.8 Å². The number of hydrogen-bond donors (Lipinski definition) is 1. The number of carbonyl (C=O) groups is 2. The number of para-hydroxylation sites is 2. The molecule has 6 nitrogen and oxygen atoms in total. The molecule has 0 unspecified atom stereocenters. The third kappa shape index (κ3) is 3.39. The smallest absolute Gasteiger partial charge is 0.242 e. The van der Waals surface area contributed by atoms with Crippen molar-refractivity contribution in [2.24, 2.45) is 23.2 Å². The van der Waals surface area contributed by atoms with Crippen molar-refractivity contribution in [2.45, 2.75) is 63.5 Å². The van der Waals surface area contributed by atoms with E-state index in [2.05, 4.69) is 5.32 Å². The third-order valence-corrected chi connectivity index (χ3v) is 8.38. The van der Waals surface area contributed by atoms with Crippen molar-refractivity contribution in [3.05, 3.63) is 24.3 Å². The molecule has 2 aliphatic heterocycles. The second-order valence-corrected chi connectivity index (χ2v) is 10.6. The van der Waals surface area contributed by atoms with Gasteiger partial charge in [-0.05, 0) is 81.3 Å². The highest BCUT2D eigenvalue weighted by atomic mass is 16.6. The zero-order valence-electron chi connectivity index (χ0n) is 18.1. The fourth-order valence-electron chi connectivity index (χ4n) is 7.46. The van der Waals surface area contributed by atoms with E-state index in [9.17, 15) is 9.59 Å². The molecule has 1 aromatic rings. The zero-order valence-corrected chi connectivity index (χ0v) is 18.1. The van der Waals surface area contributed by atoms with Gasteiger partial charge in [-0.2, -0.15) is 0 Å². The number of ether oxygens (including phenoxy) is 2. The predicted octanol–water partition coefficient (Wildman–Crippen LogP) is 3.15. The Labute approximate surface area is 183 Å². The average Bonchev–Trinajstić information content (AvgIpc) is 3.26. The minimum Gasteiger partial charge on any atom is -0.486 e. The van der Waals surface area contributed by atoms with Crippen LogP contribution in [0.15, 0.2) is 24.3 Å². The summed E-state index contributed by atoms with van der Waals surface area (Å²) >= 11 is 0. The monoisotopic (exact) mass is 424 g/mol. The molecule has 0 radical (unpaired) electrons. The minimum atomic E-state index is -0.336. The maximum Gasteiger partial charge on any atom is 0.242 e. The largest absolute Gasteiger partial charge is 0.486 e. The molecule has 1 aromatic carbocycles. The van der Waals surface area contributed by atoms with Crippen LogP contribution < -0.4 is 14.8 Å². The topological polar surface area (TPSA) is 67.9 Å². The Morgan fingerprint density at radius 2 is 1.71 bits per heavy atom. The fraction of sp³-hybridized carbons (Fsp3) is 0.680. The van der Waals surface area contributed by atoms with Crippen molar-refractivity contribution in [2.75, 3.05) is 19.7 Å². The van der Waals surface area contributed by atoms with Crippen molar-refractivity contribution in [1.82, 2.24) is 10.2 Å². The fourth-order valence-corrected chi connectivity index (χ4v) is 7.46. The molecule has 0 spiro atoms. The predicted molar refractivity (Wildman–Crippen MR) is 115 cm³/mol. The van der Waals surface area contributed by atoms with Crippen molar-refractivity contribution in [1.29, 1.82) is 0 Å². The Morgan fingerprint density at radius 3 is 2.42 bits per heavy atom. The van der Waals surface area contributed by atoms with Gasteiger partial charge in [0.15, 0.2) is 11.5 Å². The SMILES string of the molecule is O=C(NC[C@@H]1COc2ccccc2O1)[C@@H]1CCCN1C(=O)C12CC3CC(CC(C3)C1)C2. The number of nitrogens with one attached hydrogen (secondary N) is 1. The number of nitrogens with zero attached hydrogens (tertiary/aromatic N) is 1. The molecule has 4 bridgehead atoms. The van der Waals surface area contributed by atoms with Gasteiger partial charge >= 0.3 is 0 Å². The Hall–Kier alpha value is -2.24. The van der Waals surface area contributed by atoms with Gasteiger partial charge in [0.1, 0.15) is 18.8 Å². The van der Waals surface area contributed by atoms with E-state index < -0.39 is 0 Å². The van der Waals surface area contributed by atoms with Gasteiger partial charge in [0, 0.05) is 6.54 Å². The van der Waals surface area contributed by atoms with Gasteiger partial charge in [0.05, 0.1) is 12.0 Å². The molecule has 4 aliphatic carbocycles. The Balaban J connectivity index is 1.09. The molecule has 0 aromatic heterocycles. The number of hydrogen-bond acceptors (Lipinski definition) is 4. The molecule has 6 aliphatic rings. The second-order valence-electron chi connectivity index (χ2n) is 10.6. The summed E-state index contributed by atoms with van der Waals surface area (Å²) in [7, 11) is 0. The molecule has 31 heavy (non-hydrogen) atoms. The number of amides is 2. The summed E-state index contributed by atoms with van der Waals surface area (Å²) < 4.78 is 11.7. The van der Waals surface area contributed by atoms with Crippen LogP contribution in [0.5, 0.6) is 11.5 Å². The molecule has 2 amide bonds. The van der Waals surface area contributed by atoms with Crippen LogP contribution in [0, 0.1) is 23.2 Å². The van der Waals surface area contributed by atoms with Crippen molar-refractivity contribution < 1.29 is 19.1 Å². The van der Waals surface area contributed by atoms with Gasteiger partial charge in [-0.1, -0.05) is 12.1 Å². The Bertz CT molecular complexity index is 849. The van der Waals surface area contributed by atoms with Crippen LogP contribution in [0.2, 0.25) is 0 Å². The van der Waals surface area contributed by atoms with E-state index in [1.54, 1.807) is 0 Å². The standard InChI is InChI=1S/C25H32N2O4/c28-23(26-14-19-15-30-21-5-1-2-6-22(21)31-19)20-4-3-7-27(20)24(29)25-11-16-8-17(12-25)10-18(9-16)13-25/h1-2,5-6,16-20H,3-4,7-15H2,(H,26,28)/t16?,17?,18?,19-,20+,25?/m1/s1.